The number of rotatable bonds is 2. The first-order valence-electron chi connectivity index (χ1n) is 5.90. The van der Waals surface area contributed by atoms with E-state index in [1.165, 1.54) is 11.1 Å². The summed E-state index contributed by atoms with van der Waals surface area (Å²) in [7, 11) is 1.68. The lowest BCUT2D eigenvalue weighted by molar-refractivity contribution is 0.0496. The van der Waals surface area contributed by atoms with Gasteiger partial charge in [-0.15, -0.1) is 0 Å². The fourth-order valence-corrected chi connectivity index (χ4v) is 2.49. The van der Waals surface area contributed by atoms with Gasteiger partial charge in [-0.1, -0.05) is 18.2 Å². The molecule has 17 heavy (non-hydrogen) atoms. The van der Waals surface area contributed by atoms with Gasteiger partial charge in [0.2, 0.25) is 0 Å². The van der Waals surface area contributed by atoms with Crippen molar-refractivity contribution in [2.75, 3.05) is 26.9 Å². The summed E-state index contributed by atoms with van der Waals surface area (Å²) in [4.78, 5) is 0. The molecule has 1 saturated heterocycles. The molecule has 0 bridgehead atoms. The molecule has 2 atom stereocenters. The quantitative estimate of drug-likeness (QED) is 0.732. The maximum atomic E-state index is 5.87. The summed E-state index contributed by atoms with van der Waals surface area (Å²) in [5.41, 5.74) is 2.58. The summed E-state index contributed by atoms with van der Waals surface area (Å²) in [6.07, 6.45) is 2.28. The minimum absolute atomic E-state index is 0.132. The van der Waals surface area contributed by atoms with E-state index in [0.29, 0.717) is 5.92 Å². The predicted octanol–water partition coefficient (Wildman–Crippen LogP) is 2.34. The lowest BCUT2D eigenvalue weighted by Gasteiger charge is -2.22. The molecule has 0 aromatic heterocycles. The Morgan fingerprint density at radius 1 is 1.24 bits per heavy atom. The highest BCUT2D eigenvalue weighted by atomic mass is 16.5. The molecule has 1 aromatic carbocycles. The van der Waals surface area contributed by atoms with Crippen LogP contribution in [0, 0.1) is 5.92 Å². The monoisotopic (exact) mass is 232 g/mol. The fraction of sp³-hybridized carbons (Fsp3) is 0.429. The van der Waals surface area contributed by atoms with Crippen LogP contribution < -0.4 is 4.74 Å². The first-order valence-corrected chi connectivity index (χ1v) is 5.90. The van der Waals surface area contributed by atoms with E-state index in [4.69, 9.17) is 14.2 Å². The topological polar surface area (TPSA) is 27.7 Å². The second-order valence-electron chi connectivity index (χ2n) is 4.43. The van der Waals surface area contributed by atoms with E-state index in [9.17, 15) is 0 Å². The van der Waals surface area contributed by atoms with Crippen LogP contribution in [0.1, 0.15) is 11.7 Å². The molecule has 1 fully saturated rings. The van der Waals surface area contributed by atoms with Gasteiger partial charge >= 0.3 is 0 Å². The number of ether oxygens (including phenoxy) is 3. The van der Waals surface area contributed by atoms with Crippen LogP contribution in [0.5, 0.6) is 5.75 Å². The Morgan fingerprint density at radius 2 is 2.06 bits per heavy atom. The Labute approximate surface area is 101 Å². The Hall–Kier alpha value is -1.32. The molecule has 0 unspecified atom stereocenters. The number of methoxy groups -OCH3 is 1. The minimum Gasteiger partial charge on any atom is -0.497 e. The van der Waals surface area contributed by atoms with Crippen molar-refractivity contribution in [3.8, 4) is 5.75 Å². The standard InChI is InChI=1S/C14H16O3/c1-15-12-4-2-10(3-5-12)14-13-9-16-7-6-11(13)8-17-14/h2-6,13-14H,7-9H2,1H3/t13-,14+/m1/s1. The summed E-state index contributed by atoms with van der Waals surface area (Å²) in [6.45, 7) is 2.23. The Morgan fingerprint density at radius 3 is 2.82 bits per heavy atom. The minimum atomic E-state index is 0.132. The lowest BCUT2D eigenvalue weighted by Crippen LogP contribution is -2.19. The molecule has 3 rings (SSSR count). The summed E-state index contributed by atoms with van der Waals surface area (Å²) >= 11 is 0. The average Bonchev–Trinajstić information content (AvgIpc) is 2.83. The highest BCUT2D eigenvalue weighted by molar-refractivity contribution is 5.31. The van der Waals surface area contributed by atoms with E-state index in [1.54, 1.807) is 7.11 Å². The van der Waals surface area contributed by atoms with E-state index >= 15 is 0 Å². The van der Waals surface area contributed by atoms with Crippen molar-refractivity contribution in [3.63, 3.8) is 0 Å². The summed E-state index contributed by atoms with van der Waals surface area (Å²) in [5, 5.41) is 0. The van der Waals surface area contributed by atoms with E-state index < -0.39 is 0 Å². The van der Waals surface area contributed by atoms with Crippen molar-refractivity contribution in [1.29, 1.82) is 0 Å². The molecule has 3 heteroatoms. The van der Waals surface area contributed by atoms with Crippen LogP contribution in [0.2, 0.25) is 0 Å². The molecule has 0 N–H and O–H groups in total. The molecule has 3 nitrogen and oxygen atoms in total. The Bertz CT molecular complexity index is 422. The van der Waals surface area contributed by atoms with Crippen LogP contribution in [-0.2, 0) is 9.47 Å². The Kier molecular flexibility index (Phi) is 2.87. The van der Waals surface area contributed by atoms with Crippen LogP contribution in [-0.4, -0.2) is 26.9 Å². The van der Waals surface area contributed by atoms with Crippen LogP contribution >= 0.6 is 0 Å². The second kappa shape index (κ2) is 4.51. The molecule has 0 saturated carbocycles. The lowest BCUT2D eigenvalue weighted by atomic mass is 9.91. The number of fused-ring (bicyclic) bond motifs is 1. The van der Waals surface area contributed by atoms with Gasteiger partial charge in [0.25, 0.3) is 0 Å². The zero-order valence-electron chi connectivity index (χ0n) is 9.89. The van der Waals surface area contributed by atoms with Crippen molar-refractivity contribution >= 4 is 0 Å². The van der Waals surface area contributed by atoms with Crippen LogP contribution in [0.25, 0.3) is 0 Å². The summed E-state index contributed by atoms with van der Waals surface area (Å²) in [6, 6.07) is 8.09. The molecule has 0 aliphatic carbocycles. The molecular weight excluding hydrogens is 216 g/mol. The van der Waals surface area contributed by atoms with Crippen molar-refractivity contribution in [3.05, 3.63) is 41.5 Å². The van der Waals surface area contributed by atoms with Gasteiger partial charge in [-0.3, -0.25) is 0 Å². The number of hydrogen-bond donors (Lipinski definition) is 0. The molecular formula is C14H16O3. The first-order chi connectivity index (χ1) is 8.38. The zero-order chi connectivity index (χ0) is 11.7. The normalized spacial score (nSPS) is 27.5. The van der Waals surface area contributed by atoms with Crippen LogP contribution in [0.4, 0.5) is 0 Å². The van der Waals surface area contributed by atoms with Crippen LogP contribution in [0.3, 0.4) is 0 Å². The molecule has 0 radical (unpaired) electrons. The van der Waals surface area contributed by atoms with Crippen molar-refractivity contribution in [2.24, 2.45) is 5.92 Å². The highest BCUT2D eigenvalue weighted by Gasteiger charge is 2.35. The third-order valence-corrected chi connectivity index (χ3v) is 3.48. The molecule has 2 heterocycles. The maximum Gasteiger partial charge on any atom is 0.118 e. The highest BCUT2D eigenvalue weighted by Crippen LogP contribution is 2.39. The summed E-state index contributed by atoms with van der Waals surface area (Å²) in [5.74, 6) is 1.26. The maximum absolute atomic E-state index is 5.87. The van der Waals surface area contributed by atoms with Gasteiger partial charge in [-0.2, -0.15) is 0 Å². The van der Waals surface area contributed by atoms with Crippen molar-refractivity contribution in [1.82, 2.24) is 0 Å². The smallest absolute Gasteiger partial charge is 0.118 e. The van der Waals surface area contributed by atoms with Gasteiger partial charge in [-0.05, 0) is 23.3 Å². The third kappa shape index (κ3) is 1.96. The van der Waals surface area contributed by atoms with Crippen molar-refractivity contribution in [2.45, 2.75) is 6.10 Å². The van der Waals surface area contributed by atoms with Crippen molar-refractivity contribution < 1.29 is 14.2 Å². The van der Waals surface area contributed by atoms with E-state index in [2.05, 4.69) is 18.2 Å². The van der Waals surface area contributed by atoms with Gasteiger partial charge in [0.1, 0.15) is 5.75 Å². The Balaban J connectivity index is 1.84. The summed E-state index contributed by atoms with van der Waals surface area (Å²) < 4.78 is 16.5. The average molecular weight is 232 g/mol. The molecule has 1 aromatic rings. The second-order valence-corrected chi connectivity index (χ2v) is 4.43. The number of benzene rings is 1. The van der Waals surface area contributed by atoms with Gasteiger partial charge in [0.15, 0.2) is 0 Å². The molecule has 2 aliphatic heterocycles. The van der Waals surface area contributed by atoms with E-state index in [0.717, 1.165) is 25.6 Å². The zero-order valence-corrected chi connectivity index (χ0v) is 9.89. The van der Waals surface area contributed by atoms with Gasteiger partial charge < -0.3 is 14.2 Å². The fourth-order valence-electron chi connectivity index (χ4n) is 2.49. The van der Waals surface area contributed by atoms with Gasteiger partial charge in [0, 0.05) is 5.92 Å². The molecule has 2 aliphatic rings. The predicted molar refractivity (Wildman–Crippen MR) is 64.1 cm³/mol. The first kappa shape index (κ1) is 10.8. The van der Waals surface area contributed by atoms with E-state index in [1.807, 2.05) is 12.1 Å². The molecule has 90 valence electrons. The third-order valence-electron chi connectivity index (χ3n) is 3.48. The SMILES string of the molecule is COc1ccc([C@@H]2OCC3=CCOC[C@H]32)cc1. The van der Waals surface area contributed by atoms with E-state index in [-0.39, 0.29) is 6.10 Å². The largest absolute Gasteiger partial charge is 0.497 e. The molecule has 0 amide bonds. The van der Waals surface area contributed by atoms with Crippen LogP contribution in [0.15, 0.2) is 35.9 Å². The number of hydrogen-bond acceptors (Lipinski definition) is 3. The van der Waals surface area contributed by atoms with Gasteiger partial charge in [-0.25, -0.2) is 0 Å². The molecule has 0 spiro atoms. The van der Waals surface area contributed by atoms with Gasteiger partial charge in [0.05, 0.1) is 33.0 Å².